The molecule has 2 aliphatic rings. The third kappa shape index (κ3) is 5.61. The van der Waals surface area contributed by atoms with E-state index in [0.29, 0.717) is 60.5 Å². The maximum atomic E-state index is 15.7. The molecule has 1 unspecified atom stereocenters. The molecule has 4 rings (SSSR count). The molecule has 0 radical (unpaired) electrons. The van der Waals surface area contributed by atoms with E-state index in [9.17, 15) is 9.50 Å². The van der Waals surface area contributed by atoms with Crippen LogP contribution in [0.15, 0.2) is 24.3 Å². The van der Waals surface area contributed by atoms with Gasteiger partial charge in [-0.2, -0.15) is 0 Å². The highest BCUT2D eigenvalue weighted by Crippen LogP contribution is 2.43. The van der Waals surface area contributed by atoms with Crippen molar-refractivity contribution in [3.05, 3.63) is 58.2 Å². The summed E-state index contributed by atoms with van der Waals surface area (Å²) >= 11 is 0. The van der Waals surface area contributed by atoms with Crippen molar-refractivity contribution in [2.45, 2.75) is 50.5 Å². The van der Waals surface area contributed by atoms with Gasteiger partial charge in [0.15, 0.2) is 0 Å². The first kappa shape index (κ1) is 27.3. The van der Waals surface area contributed by atoms with Gasteiger partial charge in [-0.15, -0.1) is 0 Å². The van der Waals surface area contributed by atoms with Crippen molar-refractivity contribution in [2.75, 3.05) is 50.5 Å². The third-order valence-corrected chi connectivity index (χ3v) is 7.39. The second-order valence-corrected chi connectivity index (χ2v) is 10.5. The maximum Gasteiger partial charge on any atom is 0.143 e. The van der Waals surface area contributed by atoms with Crippen LogP contribution in [0.25, 0.3) is 0 Å². The Morgan fingerprint density at radius 1 is 1.24 bits per heavy atom. The van der Waals surface area contributed by atoms with Crippen molar-refractivity contribution in [3.8, 4) is 0 Å². The molecule has 10 heteroatoms. The number of alkyl halides is 2. The fourth-order valence-corrected chi connectivity index (χ4v) is 5.49. The summed E-state index contributed by atoms with van der Waals surface area (Å²) in [6, 6.07) is 4.45. The predicted octanol–water partition coefficient (Wildman–Crippen LogP) is 4.06. The summed E-state index contributed by atoms with van der Waals surface area (Å²) in [4.78, 5) is 3.74. The summed E-state index contributed by atoms with van der Waals surface area (Å²) in [5.74, 6) is -1.55. The molecule has 0 bridgehead atoms. The van der Waals surface area contributed by atoms with E-state index in [1.54, 1.807) is 17.0 Å². The molecular weight excluding hydrogens is 486 g/mol. The first-order valence-electron chi connectivity index (χ1n) is 12.6. The quantitative estimate of drug-likeness (QED) is 0.215. The highest BCUT2D eigenvalue weighted by atomic mass is 19.1. The van der Waals surface area contributed by atoms with Gasteiger partial charge < -0.3 is 21.6 Å². The summed E-state index contributed by atoms with van der Waals surface area (Å²) in [5.41, 5.74) is 6.32. The Balaban J connectivity index is 1.71. The zero-order valence-corrected chi connectivity index (χ0v) is 21.2. The number of anilines is 2. The van der Waals surface area contributed by atoms with Crippen LogP contribution in [-0.2, 0) is 6.42 Å². The number of fused-ring (bicyclic) bond motifs is 1. The summed E-state index contributed by atoms with van der Waals surface area (Å²) < 4.78 is 58.8. The molecule has 0 aromatic heterocycles. The third-order valence-electron chi connectivity index (χ3n) is 7.39. The molecule has 0 aliphatic carbocycles. The van der Waals surface area contributed by atoms with Gasteiger partial charge in [-0.1, -0.05) is 6.07 Å². The molecule has 1 fully saturated rings. The predicted molar refractivity (Wildman–Crippen MR) is 138 cm³/mol. The molecule has 0 spiro atoms. The van der Waals surface area contributed by atoms with Crippen molar-refractivity contribution in [1.29, 1.82) is 5.41 Å². The van der Waals surface area contributed by atoms with Gasteiger partial charge in [0.05, 0.1) is 25.4 Å². The fourth-order valence-electron chi connectivity index (χ4n) is 5.49. The fraction of sp³-hybridized carbons (Fsp3) is 0.519. The Kier molecular flexibility index (Phi) is 8.11. The zero-order valence-electron chi connectivity index (χ0n) is 21.2. The summed E-state index contributed by atoms with van der Waals surface area (Å²) in [6.45, 7) is 3.71. The number of hydrogen-bond acceptors (Lipinski definition) is 6. The Labute approximate surface area is 215 Å². The molecule has 2 aromatic rings. The molecule has 2 aliphatic heterocycles. The number of hydrogen-bond donors (Lipinski definition) is 4. The molecule has 3 atom stereocenters. The number of nitrogen functional groups attached to an aromatic ring is 1. The minimum atomic E-state index is -1.99. The van der Waals surface area contributed by atoms with E-state index in [0.717, 1.165) is 6.21 Å². The van der Waals surface area contributed by atoms with E-state index in [4.69, 9.17) is 11.1 Å². The van der Waals surface area contributed by atoms with Gasteiger partial charge in [0.1, 0.15) is 17.3 Å². The van der Waals surface area contributed by atoms with Crippen LogP contribution in [0.4, 0.5) is 28.9 Å². The van der Waals surface area contributed by atoms with Crippen LogP contribution in [0.5, 0.6) is 0 Å². The first-order chi connectivity index (χ1) is 17.6. The number of nitrogens with one attached hydrogen (secondary N) is 2. The Hall–Kier alpha value is -2.69. The summed E-state index contributed by atoms with van der Waals surface area (Å²) in [6.07, 6.45) is 2.00. The van der Waals surface area contributed by atoms with Crippen LogP contribution < -0.4 is 11.1 Å². The van der Waals surface area contributed by atoms with Gasteiger partial charge in [0.2, 0.25) is 0 Å². The lowest BCUT2D eigenvalue weighted by molar-refractivity contribution is 0.0168. The van der Waals surface area contributed by atoms with E-state index < -0.39 is 30.0 Å². The van der Waals surface area contributed by atoms with E-state index in [1.165, 1.54) is 19.1 Å². The topological polar surface area (TPSA) is 88.6 Å². The van der Waals surface area contributed by atoms with Crippen LogP contribution in [-0.4, -0.2) is 78.3 Å². The number of likely N-dealkylation sites (tertiary alicyclic amines) is 1. The van der Waals surface area contributed by atoms with Gasteiger partial charge in [0, 0.05) is 60.9 Å². The van der Waals surface area contributed by atoms with Gasteiger partial charge in [-0.05, 0) is 56.0 Å². The molecule has 6 nitrogen and oxygen atoms in total. The lowest BCUT2D eigenvalue weighted by Crippen LogP contribution is -2.54. The lowest BCUT2D eigenvalue weighted by atomic mass is 9.81. The molecule has 202 valence electrons. The van der Waals surface area contributed by atoms with Crippen LogP contribution >= 0.6 is 0 Å². The monoisotopic (exact) mass is 521 g/mol. The van der Waals surface area contributed by atoms with Gasteiger partial charge >= 0.3 is 0 Å². The van der Waals surface area contributed by atoms with Crippen molar-refractivity contribution >= 4 is 17.6 Å². The maximum absolute atomic E-state index is 15.7. The lowest BCUT2D eigenvalue weighted by Gasteiger charge is -2.45. The van der Waals surface area contributed by atoms with Gasteiger partial charge in [-0.25, -0.2) is 13.2 Å². The highest BCUT2D eigenvalue weighted by molar-refractivity contribution is 5.88. The summed E-state index contributed by atoms with van der Waals surface area (Å²) in [5, 5.41) is 20.6. The standard InChI is InChI=1S/C27H35F4N5O/c1-16-8-20-19(4-5-24(33)21(20)11-32)26(36(16)14-27(2,31)15-37)25-22(29)9-17(10-23(25)30)34-18-12-35(13-18)7-3-6-28/h4-5,9-11,16,18,26,32,34,37H,3,6-8,12-15,33H2,1-2H3/t16-,26+,27?/m1/s1. The van der Waals surface area contributed by atoms with Gasteiger partial charge in [-0.3, -0.25) is 14.2 Å². The number of aliphatic hydroxyl groups excluding tert-OH is 1. The molecule has 37 heavy (non-hydrogen) atoms. The number of nitrogens with zero attached hydrogens (tertiary/aromatic N) is 2. The molecule has 2 aromatic carbocycles. The average molecular weight is 522 g/mol. The van der Waals surface area contributed by atoms with Crippen LogP contribution in [0, 0.1) is 17.0 Å². The van der Waals surface area contributed by atoms with Gasteiger partial charge in [0.25, 0.3) is 0 Å². The second-order valence-electron chi connectivity index (χ2n) is 10.5. The summed E-state index contributed by atoms with van der Waals surface area (Å²) in [7, 11) is 0. The Morgan fingerprint density at radius 2 is 1.92 bits per heavy atom. The van der Waals surface area contributed by atoms with Crippen molar-refractivity contribution in [2.24, 2.45) is 0 Å². The normalized spacial score (nSPS) is 22.2. The molecule has 1 saturated heterocycles. The smallest absolute Gasteiger partial charge is 0.143 e. The van der Waals surface area contributed by atoms with Crippen molar-refractivity contribution in [1.82, 2.24) is 9.80 Å². The van der Waals surface area contributed by atoms with E-state index >= 15 is 13.2 Å². The van der Waals surface area contributed by atoms with Crippen molar-refractivity contribution in [3.63, 3.8) is 0 Å². The molecular formula is C27H35F4N5O. The number of halogens is 4. The Bertz CT molecular complexity index is 1120. The van der Waals surface area contributed by atoms with Crippen LogP contribution in [0.2, 0.25) is 0 Å². The first-order valence-corrected chi connectivity index (χ1v) is 12.6. The average Bonchev–Trinajstić information content (AvgIpc) is 2.81. The SMILES string of the molecule is C[C@@H]1Cc2c(ccc(N)c2C=N)[C@@H](c2c(F)cc(NC3CN(CCCF)C3)cc2F)N1CC(C)(F)CO. The number of nitrogens with two attached hydrogens (primary N) is 1. The second kappa shape index (κ2) is 11.0. The molecule has 5 N–H and O–H groups in total. The van der Waals surface area contributed by atoms with E-state index in [2.05, 4.69) is 10.2 Å². The van der Waals surface area contributed by atoms with E-state index in [1.807, 2.05) is 6.92 Å². The number of benzene rings is 2. The van der Waals surface area contributed by atoms with Crippen LogP contribution in [0.3, 0.4) is 0 Å². The molecule has 0 amide bonds. The number of rotatable bonds is 10. The van der Waals surface area contributed by atoms with Crippen LogP contribution in [0.1, 0.15) is 48.6 Å². The highest BCUT2D eigenvalue weighted by Gasteiger charge is 2.41. The molecule has 0 saturated carbocycles. The van der Waals surface area contributed by atoms with E-state index in [-0.39, 0.29) is 30.9 Å². The molecule has 2 heterocycles. The number of aliphatic hydroxyl groups is 1. The minimum absolute atomic E-state index is 0.00566. The zero-order chi connectivity index (χ0) is 26.9. The Morgan fingerprint density at radius 3 is 2.51 bits per heavy atom. The van der Waals surface area contributed by atoms with Crippen molar-refractivity contribution < 1.29 is 22.7 Å². The minimum Gasteiger partial charge on any atom is -0.398 e. The largest absolute Gasteiger partial charge is 0.398 e.